The number of nitrogens with zero attached hydrogens (tertiary/aromatic N) is 3. The van der Waals surface area contributed by atoms with E-state index in [1.165, 1.54) is 4.90 Å². The number of benzene rings is 1. The summed E-state index contributed by atoms with van der Waals surface area (Å²) in [5.41, 5.74) is 1.72. The van der Waals surface area contributed by atoms with Crippen molar-refractivity contribution < 1.29 is 19.2 Å². The maximum atomic E-state index is 12.6. The first-order chi connectivity index (χ1) is 12.6. The summed E-state index contributed by atoms with van der Waals surface area (Å²) in [6, 6.07) is 6.54. The van der Waals surface area contributed by atoms with Crippen LogP contribution in [0.2, 0.25) is 0 Å². The molecule has 1 aromatic heterocycles. The van der Waals surface area contributed by atoms with Crippen molar-refractivity contribution in [1.82, 2.24) is 15.0 Å². The second kappa shape index (κ2) is 6.90. The lowest BCUT2D eigenvalue weighted by Gasteiger charge is -2.34. The molecule has 7 heteroatoms. The summed E-state index contributed by atoms with van der Waals surface area (Å²) in [7, 11) is 0. The lowest BCUT2D eigenvalue weighted by atomic mass is 9.92. The van der Waals surface area contributed by atoms with Gasteiger partial charge < -0.3 is 14.5 Å². The van der Waals surface area contributed by atoms with Gasteiger partial charge in [0.15, 0.2) is 11.9 Å². The number of aryl methyl sites for hydroxylation is 1. The molecule has 1 fully saturated rings. The number of amides is 1. The molecule has 1 aliphatic carbocycles. The van der Waals surface area contributed by atoms with E-state index in [1.54, 1.807) is 6.07 Å². The van der Waals surface area contributed by atoms with Crippen molar-refractivity contribution in [3.05, 3.63) is 47.1 Å². The molecule has 1 N–H and O–H groups in total. The molecular weight excluding hydrogens is 334 g/mol. The lowest BCUT2D eigenvalue weighted by Crippen LogP contribution is -2.43. The predicted octanol–water partition coefficient (Wildman–Crippen LogP) is 2.48. The monoisotopic (exact) mass is 355 g/mol. The average molecular weight is 355 g/mol. The fourth-order valence-corrected chi connectivity index (χ4v) is 3.51. The van der Waals surface area contributed by atoms with E-state index in [0.717, 1.165) is 24.2 Å². The number of hydrogen-bond acceptors (Lipinski definition) is 5. The van der Waals surface area contributed by atoms with Gasteiger partial charge in [0.1, 0.15) is 0 Å². The van der Waals surface area contributed by atoms with Crippen LogP contribution in [-0.2, 0) is 22.4 Å². The largest absolute Gasteiger partial charge is 0.479 e. The van der Waals surface area contributed by atoms with E-state index < -0.39 is 12.0 Å². The Kier molecular flexibility index (Phi) is 4.44. The Bertz CT molecular complexity index is 828. The molecule has 0 bridgehead atoms. The Morgan fingerprint density at radius 1 is 1.27 bits per heavy atom. The van der Waals surface area contributed by atoms with Crippen molar-refractivity contribution >= 4 is 11.9 Å². The van der Waals surface area contributed by atoms with Crippen molar-refractivity contribution in [1.29, 1.82) is 0 Å². The number of fused-ring (bicyclic) bond motifs is 1. The summed E-state index contributed by atoms with van der Waals surface area (Å²) in [5, 5.41) is 13.6. The first-order valence-corrected chi connectivity index (χ1v) is 9.06. The molecule has 0 spiro atoms. The Labute approximate surface area is 151 Å². The molecule has 0 saturated heterocycles. The van der Waals surface area contributed by atoms with Crippen LogP contribution in [0.1, 0.15) is 60.5 Å². The molecule has 7 nitrogen and oxygen atoms in total. The minimum absolute atomic E-state index is 0.145. The number of aromatic nitrogens is 2. The summed E-state index contributed by atoms with van der Waals surface area (Å²) in [6.07, 6.45) is 4.28. The molecule has 1 unspecified atom stereocenters. The molecule has 1 saturated carbocycles. The summed E-state index contributed by atoms with van der Waals surface area (Å²) in [4.78, 5) is 30.2. The van der Waals surface area contributed by atoms with Gasteiger partial charge in [0.05, 0.1) is 0 Å². The second-order valence-electron chi connectivity index (χ2n) is 6.95. The molecule has 2 heterocycles. The van der Waals surface area contributed by atoms with Gasteiger partial charge in [-0.05, 0) is 36.8 Å². The van der Waals surface area contributed by atoms with E-state index in [-0.39, 0.29) is 12.3 Å². The van der Waals surface area contributed by atoms with E-state index >= 15 is 0 Å². The smallest absolute Gasteiger partial charge is 0.331 e. The molecule has 2 aliphatic rings. The third-order valence-corrected chi connectivity index (χ3v) is 5.05. The van der Waals surface area contributed by atoms with Crippen LogP contribution in [0.25, 0.3) is 0 Å². The quantitative estimate of drug-likeness (QED) is 0.855. The summed E-state index contributed by atoms with van der Waals surface area (Å²) in [6.45, 7) is 0.430. The van der Waals surface area contributed by atoms with E-state index in [9.17, 15) is 14.7 Å². The summed E-state index contributed by atoms with van der Waals surface area (Å²) < 4.78 is 5.22. The Morgan fingerprint density at radius 2 is 2.08 bits per heavy atom. The van der Waals surface area contributed by atoms with E-state index in [1.807, 2.05) is 18.2 Å². The molecular formula is C19H21N3O4. The van der Waals surface area contributed by atoms with Crippen LogP contribution in [0.15, 0.2) is 28.8 Å². The van der Waals surface area contributed by atoms with Gasteiger partial charge in [0, 0.05) is 25.3 Å². The van der Waals surface area contributed by atoms with E-state index in [4.69, 9.17) is 4.52 Å². The van der Waals surface area contributed by atoms with Crippen molar-refractivity contribution in [2.75, 3.05) is 6.54 Å². The Balaban J connectivity index is 1.38. The van der Waals surface area contributed by atoms with Gasteiger partial charge in [0.2, 0.25) is 11.8 Å². The molecule has 1 amide bonds. The van der Waals surface area contributed by atoms with Crippen molar-refractivity contribution in [3.63, 3.8) is 0 Å². The van der Waals surface area contributed by atoms with Gasteiger partial charge in [-0.3, -0.25) is 4.79 Å². The van der Waals surface area contributed by atoms with E-state index in [2.05, 4.69) is 10.1 Å². The molecule has 4 rings (SSSR count). The first-order valence-electron chi connectivity index (χ1n) is 9.06. The molecule has 136 valence electrons. The van der Waals surface area contributed by atoms with Gasteiger partial charge in [-0.25, -0.2) is 4.79 Å². The van der Waals surface area contributed by atoms with Gasteiger partial charge in [0.25, 0.3) is 0 Å². The molecule has 1 aromatic carbocycles. The number of carbonyl (C=O) groups excluding carboxylic acids is 1. The lowest BCUT2D eigenvalue weighted by molar-refractivity contribution is -0.151. The van der Waals surface area contributed by atoms with Crippen LogP contribution in [0.4, 0.5) is 0 Å². The van der Waals surface area contributed by atoms with Gasteiger partial charge in [-0.1, -0.05) is 29.4 Å². The number of hydrogen-bond donors (Lipinski definition) is 1. The number of carbonyl (C=O) groups is 2. The highest BCUT2D eigenvalue weighted by atomic mass is 16.5. The van der Waals surface area contributed by atoms with Crippen LogP contribution in [0.3, 0.4) is 0 Å². The fourth-order valence-electron chi connectivity index (χ4n) is 3.51. The minimum Gasteiger partial charge on any atom is -0.479 e. The zero-order chi connectivity index (χ0) is 18.1. The van der Waals surface area contributed by atoms with Gasteiger partial charge in [-0.15, -0.1) is 0 Å². The molecule has 26 heavy (non-hydrogen) atoms. The summed E-state index contributed by atoms with van der Waals surface area (Å²) >= 11 is 0. The highest BCUT2D eigenvalue weighted by Gasteiger charge is 2.35. The number of rotatable bonds is 6. The van der Waals surface area contributed by atoms with Crippen LogP contribution < -0.4 is 0 Å². The third kappa shape index (κ3) is 3.34. The Morgan fingerprint density at radius 3 is 2.85 bits per heavy atom. The van der Waals surface area contributed by atoms with Crippen molar-refractivity contribution in [2.24, 2.45) is 0 Å². The zero-order valence-electron chi connectivity index (χ0n) is 14.4. The average Bonchev–Trinajstić information content (AvgIpc) is 3.39. The van der Waals surface area contributed by atoms with Crippen molar-refractivity contribution in [3.8, 4) is 0 Å². The Hall–Kier alpha value is -2.70. The minimum atomic E-state index is -0.989. The maximum Gasteiger partial charge on any atom is 0.331 e. The highest BCUT2D eigenvalue weighted by molar-refractivity contribution is 5.85. The van der Waals surface area contributed by atoms with Crippen LogP contribution in [-0.4, -0.2) is 38.6 Å². The summed E-state index contributed by atoms with van der Waals surface area (Å²) in [5.74, 6) is 0.632. The van der Waals surface area contributed by atoms with Crippen molar-refractivity contribution in [2.45, 2.75) is 50.5 Å². The van der Waals surface area contributed by atoms with E-state index in [0.29, 0.717) is 43.2 Å². The van der Waals surface area contributed by atoms with Crippen LogP contribution >= 0.6 is 0 Å². The topological polar surface area (TPSA) is 96.5 Å². The second-order valence-corrected chi connectivity index (χ2v) is 6.95. The maximum absolute atomic E-state index is 12.6. The highest BCUT2D eigenvalue weighted by Crippen LogP contribution is 2.38. The molecule has 1 aliphatic heterocycles. The molecule has 1 atom stereocenters. The predicted molar refractivity (Wildman–Crippen MR) is 91.4 cm³/mol. The van der Waals surface area contributed by atoms with Crippen LogP contribution in [0.5, 0.6) is 0 Å². The molecule has 0 radical (unpaired) electrons. The normalized spacial score (nSPS) is 19.2. The third-order valence-electron chi connectivity index (χ3n) is 5.05. The zero-order valence-corrected chi connectivity index (χ0v) is 14.4. The van der Waals surface area contributed by atoms with Gasteiger partial charge >= 0.3 is 5.97 Å². The number of aliphatic carboxylic acids is 1. The first kappa shape index (κ1) is 16.8. The fraction of sp³-hybridized carbons (Fsp3) is 0.474. The molecule has 2 aromatic rings. The number of carboxylic acids is 1. The SMILES string of the molecule is O=C(O)C1c2ccccc2CCN1C(=O)CCCc1nc(C2CC2)no1. The van der Waals surface area contributed by atoms with Crippen LogP contribution in [0, 0.1) is 0 Å². The standard InChI is InChI=1S/C19H21N3O4/c23-16(7-3-6-15-20-18(21-26-15)13-8-9-13)22-11-10-12-4-1-2-5-14(12)17(22)19(24)25/h1-2,4-5,13,17H,3,6-11H2,(H,24,25). The van der Waals surface area contributed by atoms with Gasteiger partial charge in [-0.2, -0.15) is 4.98 Å². The number of carboxylic acid groups (broad SMARTS) is 1.